The summed E-state index contributed by atoms with van der Waals surface area (Å²) in [5.74, 6) is -0.131. The van der Waals surface area contributed by atoms with Gasteiger partial charge in [-0.2, -0.15) is 0 Å². The number of anilines is 1. The maximum atomic E-state index is 13.3. The van der Waals surface area contributed by atoms with Gasteiger partial charge >= 0.3 is 0 Å². The molecule has 0 unspecified atom stereocenters. The molecule has 0 aliphatic rings. The Balaban J connectivity index is 2.10. The van der Waals surface area contributed by atoms with Crippen LogP contribution in [0.15, 0.2) is 36.4 Å². The first kappa shape index (κ1) is 13.7. The quantitative estimate of drug-likeness (QED) is 0.895. The number of methoxy groups -OCH3 is 1. The van der Waals surface area contributed by atoms with Crippen molar-refractivity contribution in [3.63, 3.8) is 0 Å². The zero-order valence-electron chi connectivity index (χ0n) is 10.8. The summed E-state index contributed by atoms with van der Waals surface area (Å²) in [6.45, 7) is 2.66. The molecule has 0 fully saturated rings. The second kappa shape index (κ2) is 5.93. The fourth-order valence-electron chi connectivity index (χ4n) is 1.82. The molecule has 0 aliphatic heterocycles. The number of halogens is 2. The Kier molecular flexibility index (Phi) is 4.27. The minimum atomic E-state index is -0.365. The van der Waals surface area contributed by atoms with Gasteiger partial charge in [0.05, 0.1) is 7.11 Å². The van der Waals surface area contributed by atoms with Crippen molar-refractivity contribution >= 4 is 17.3 Å². The molecule has 100 valence electrons. The van der Waals surface area contributed by atoms with Crippen LogP contribution in [0.5, 0.6) is 5.75 Å². The van der Waals surface area contributed by atoms with Crippen LogP contribution in [0, 0.1) is 12.7 Å². The second-order valence-electron chi connectivity index (χ2n) is 4.27. The lowest BCUT2D eigenvalue weighted by Gasteiger charge is -2.11. The van der Waals surface area contributed by atoms with Crippen molar-refractivity contribution in [2.24, 2.45) is 0 Å². The van der Waals surface area contributed by atoms with E-state index in [-0.39, 0.29) is 11.6 Å². The lowest BCUT2D eigenvalue weighted by atomic mass is 10.1. The predicted molar refractivity (Wildman–Crippen MR) is 76.5 cm³/mol. The maximum Gasteiger partial charge on any atom is 0.165 e. The van der Waals surface area contributed by atoms with E-state index in [4.69, 9.17) is 16.3 Å². The lowest BCUT2D eigenvalue weighted by Crippen LogP contribution is -2.02. The molecule has 0 radical (unpaired) electrons. The number of hydrogen-bond donors (Lipinski definition) is 1. The first-order chi connectivity index (χ1) is 9.10. The molecule has 0 heterocycles. The van der Waals surface area contributed by atoms with E-state index in [0.717, 1.165) is 21.8 Å². The number of benzene rings is 2. The van der Waals surface area contributed by atoms with Gasteiger partial charge in [-0.15, -0.1) is 0 Å². The van der Waals surface area contributed by atoms with Crippen LogP contribution in [0.2, 0.25) is 5.02 Å². The summed E-state index contributed by atoms with van der Waals surface area (Å²) < 4.78 is 18.2. The minimum absolute atomic E-state index is 0.234. The summed E-state index contributed by atoms with van der Waals surface area (Å²) in [7, 11) is 1.45. The Labute approximate surface area is 117 Å². The van der Waals surface area contributed by atoms with Gasteiger partial charge in [0, 0.05) is 23.3 Å². The third-order valence-electron chi connectivity index (χ3n) is 2.94. The van der Waals surface area contributed by atoms with Crippen LogP contribution in [-0.4, -0.2) is 7.11 Å². The van der Waals surface area contributed by atoms with Gasteiger partial charge in [0.1, 0.15) is 0 Å². The van der Waals surface area contributed by atoms with Gasteiger partial charge in [-0.05, 0) is 42.3 Å². The number of nitrogens with one attached hydrogen (secondary N) is 1. The second-order valence-corrected chi connectivity index (χ2v) is 4.71. The summed E-state index contributed by atoms with van der Waals surface area (Å²) in [5, 5.41) is 3.96. The molecule has 0 saturated carbocycles. The van der Waals surface area contributed by atoms with Gasteiger partial charge in [-0.25, -0.2) is 4.39 Å². The standard InChI is InChI=1S/C15H15ClFNO/c1-10-7-12(16)4-3-11(10)9-18-13-5-6-14(17)15(8-13)19-2/h3-8,18H,9H2,1-2H3. The Morgan fingerprint density at radius 2 is 2.00 bits per heavy atom. The third kappa shape index (κ3) is 3.38. The summed E-state index contributed by atoms with van der Waals surface area (Å²) in [6, 6.07) is 10.5. The van der Waals surface area contributed by atoms with Crippen molar-refractivity contribution in [2.75, 3.05) is 12.4 Å². The summed E-state index contributed by atoms with van der Waals surface area (Å²) in [6.07, 6.45) is 0. The molecule has 2 rings (SSSR count). The molecule has 0 aliphatic carbocycles. The van der Waals surface area contributed by atoms with Crippen LogP contribution in [-0.2, 0) is 6.54 Å². The van der Waals surface area contributed by atoms with E-state index in [2.05, 4.69) is 5.32 Å². The number of aryl methyl sites for hydroxylation is 1. The molecule has 0 bridgehead atoms. The molecule has 4 heteroatoms. The van der Waals surface area contributed by atoms with Crippen molar-refractivity contribution in [3.05, 3.63) is 58.4 Å². The zero-order valence-corrected chi connectivity index (χ0v) is 11.6. The van der Waals surface area contributed by atoms with E-state index in [0.29, 0.717) is 6.54 Å². The molecule has 0 aromatic heterocycles. The summed E-state index contributed by atoms with van der Waals surface area (Å²) >= 11 is 5.91. The van der Waals surface area contributed by atoms with Crippen molar-refractivity contribution < 1.29 is 9.13 Å². The van der Waals surface area contributed by atoms with Crippen molar-refractivity contribution in [3.8, 4) is 5.75 Å². The fraction of sp³-hybridized carbons (Fsp3) is 0.200. The molecule has 0 atom stereocenters. The first-order valence-electron chi connectivity index (χ1n) is 5.92. The van der Waals surface area contributed by atoms with Gasteiger partial charge in [0.2, 0.25) is 0 Å². The first-order valence-corrected chi connectivity index (χ1v) is 6.30. The monoisotopic (exact) mass is 279 g/mol. The average Bonchev–Trinajstić information content (AvgIpc) is 2.39. The molecule has 0 amide bonds. The molecule has 0 spiro atoms. The molecule has 2 aromatic carbocycles. The molecular formula is C15H15ClFNO. The Bertz CT molecular complexity index is 586. The SMILES string of the molecule is COc1cc(NCc2ccc(Cl)cc2C)ccc1F. The summed E-state index contributed by atoms with van der Waals surface area (Å²) in [5.41, 5.74) is 3.08. The Morgan fingerprint density at radius 3 is 2.68 bits per heavy atom. The van der Waals surface area contributed by atoms with Crippen LogP contribution < -0.4 is 10.1 Å². The molecule has 1 N–H and O–H groups in total. The highest BCUT2D eigenvalue weighted by atomic mass is 35.5. The van der Waals surface area contributed by atoms with Crippen LogP contribution in [0.1, 0.15) is 11.1 Å². The number of rotatable bonds is 4. The van der Waals surface area contributed by atoms with E-state index in [1.54, 1.807) is 12.1 Å². The number of ether oxygens (including phenoxy) is 1. The topological polar surface area (TPSA) is 21.3 Å². The van der Waals surface area contributed by atoms with Crippen LogP contribution in [0.4, 0.5) is 10.1 Å². The highest BCUT2D eigenvalue weighted by molar-refractivity contribution is 6.30. The average molecular weight is 280 g/mol. The fourth-order valence-corrected chi connectivity index (χ4v) is 2.05. The van der Waals surface area contributed by atoms with Crippen LogP contribution in [0.25, 0.3) is 0 Å². The summed E-state index contributed by atoms with van der Waals surface area (Å²) in [4.78, 5) is 0. The molecule has 19 heavy (non-hydrogen) atoms. The molecule has 0 saturated heterocycles. The zero-order chi connectivity index (χ0) is 13.8. The predicted octanol–water partition coefficient (Wildman–Crippen LogP) is 4.41. The van der Waals surface area contributed by atoms with E-state index >= 15 is 0 Å². The van der Waals surface area contributed by atoms with E-state index in [9.17, 15) is 4.39 Å². The van der Waals surface area contributed by atoms with Gasteiger partial charge < -0.3 is 10.1 Å². The molecular weight excluding hydrogens is 265 g/mol. The van der Waals surface area contributed by atoms with Gasteiger partial charge in [-0.3, -0.25) is 0 Å². The minimum Gasteiger partial charge on any atom is -0.494 e. The van der Waals surface area contributed by atoms with E-state index in [1.165, 1.54) is 13.2 Å². The number of hydrogen-bond acceptors (Lipinski definition) is 2. The van der Waals surface area contributed by atoms with E-state index < -0.39 is 0 Å². The Morgan fingerprint density at radius 1 is 1.21 bits per heavy atom. The smallest absolute Gasteiger partial charge is 0.165 e. The Hall–Kier alpha value is -1.74. The highest BCUT2D eigenvalue weighted by Gasteiger charge is 2.04. The van der Waals surface area contributed by atoms with E-state index in [1.807, 2.05) is 25.1 Å². The maximum absolute atomic E-state index is 13.3. The molecule has 2 nitrogen and oxygen atoms in total. The van der Waals surface area contributed by atoms with Crippen molar-refractivity contribution in [2.45, 2.75) is 13.5 Å². The highest BCUT2D eigenvalue weighted by Crippen LogP contribution is 2.22. The van der Waals surface area contributed by atoms with Gasteiger partial charge in [0.15, 0.2) is 11.6 Å². The van der Waals surface area contributed by atoms with Gasteiger partial charge in [-0.1, -0.05) is 17.7 Å². The van der Waals surface area contributed by atoms with Crippen LogP contribution in [0.3, 0.4) is 0 Å². The van der Waals surface area contributed by atoms with Gasteiger partial charge in [0.25, 0.3) is 0 Å². The molecule has 2 aromatic rings. The lowest BCUT2D eigenvalue weighted by molar-refractivity contribution is 0.387. The largest absolute Gasteiger partial charge is 0.494 e. The normalized spacial score (nSPS) is 10.3. The van der Waals surface area contributed by atoms with Crippen molar-refractivity contribution in [1.29, 1.82) is 0 Å². The van der Waals surface area contributed by atoms with Crippen molar-refractivity contribution in [1.82, 2.24) is 0 Å². The third-order valence-corrected chi connectivity index (χ3v) is 3.17. The van der Waals surface area contributed by atoms with Crippen LogP contribution >= 0.6 is 11.6 Å².